The van der Waals surface area contributed by atoms with E-state index in [2.05, 4.69) is 10.2 Å². The third-order valence-electron chi connectivity index (χ3n) is 3.26. The van der Waals surface area contributed by atoms with Gasteiger partial charge in [-0.3, -0.25) is 4.79 Å². The van der Waals surface area contributed by atoms with E-state index in [4.69, 9.17) is 11.6 Å². The number of hydrogen-bond acceptors (Lipinski definition) is 2. The van der Waals surface area contributed by atoms with Crippen molar-refractivity contribution in [3.8, 4) is 11.3 Å². The van der Waals surface area contributed by atoms with Gasteiger partial charge in [0.25, 0.3) is 5.56 Å². The monoisotopic (exact) mass is 296 g/mol. The standard InChI is InChI=1S/C17H13ClN2O/c18-15-8-6-13(7-9-15)16-11-14(17(21)20-19-16)10-12-4-2-1-3-5-12/h1-9,11H,10H2,(H,20,21). The van der Waals surface area contributed by atoms with Gasteiger partial charge in [0.15, 0.2) is 0 Å². The summed E-state index contributed by atoms with van der Waals surface area (Å²) in [6.45, 7) is 0. The Morgan fingerprint density at radius 2 is 1.71 bits per heavy atom. The summed E-state index contributed by atoms with van der Waals surface area (Å²) in [7, 11) is 0. The number of aromatic amines is 1. The molecule has 2 aromatic carbocycles. The van der Waals surface area contributed by atoms with Gasteiger partial charge in [0.2, 0.25) is 0 Å². The molecule has 3 aromatic rings. The fraction of sp³-hybridized carbons (Fsp3) is 0.0588. The Hall–Kier alpha value is -2.39. The third-order valence-corrected chi connectivity index (χ3v) is 3.51. The second-order valence-electron chi connectivity index (χ2n) is 4.78. The fourth-order valence-corrected chi connectivity index (χ4v) is 2.29. The molecular formula is C17H13ClN2O. The Bertz CT molecular complexity index is 795. The zero-order valence-corrected chi connectivity index (χ0v) is 12.0. The second kappa shape index (κ2) is 5.94. The minimum atomic E-state index is -0.156. The van der Waals surface area contributed by atoms with E-state index < -0.39 is 0 Å². The van der Waals surface area contributed by atoms with Gasteiger partial charge in [0.05, 0.1) is 5.69 Å². The van der Waals surface area contributed by atoms with Crippen molar-refractivity contribution in [2.45, 2.75) is 6.42 Å². The topological polar surface area (TPSA) is 45.8 Å². The van der Waals surface area contributed by atoms with Crippen LogP contribution in [0.3, 0.4) is 0 Å². The molecule has 0 saturated carbocycles. The van der Waals surface area contributed by atoms with Gasteiger partial charge in [-0.05, 0) is 23.8 Å². The van der Waals surface area contributed by atoms with Gasteiger partial charge in [0.1, 0.15) is 0 Å². The average Bonchev–Trinajstić information content (AvgIpc) is 2.51. The highest BCUT2D eigenvalue weighted by Gasteiger charge is 2.06. The first kappa shape index (κ1) is 13.6. The van der Waals surface area contributed by atoms with E-state index >= 15 is 0 Å². The maximum absolute atomic E-state index is 11.9. The van der Waals surface area contributed by atoms with Gasteiger partial charge in [-0.2, -0.15) is 5.10 Å². The Balaban J connectivity index is 1.96. The number of halogens is 1. The Morgan fingerprint density at radius 1 is 1.00 bits per heavy atom. The van der Waals surface area contributed by atoms with Crippen LogP contribution in [0.25, 0.3) is 11.3 Å². The first-order chi connectivity index (χ1) is 10.2. The first-order valence-corrected chi connectivity index (χ1v) is 6.98. The molecule has 3 rings (SSSR count). The fourth-order valence-electron chi connectivity index (χ4n) is 2.16. The van der Waals surface area contributed by atoms with Crippen LogP contribution in [-0.2, 0) is 6.42 Å². The van der Waals surface area contributed by atoms with Crippen molar-refractivity contribution in [3.05, 3.63) is 87.2 Å². The highest BCUT2D eigenvalue weighted by atomic mass is 35.5. The molecule has 0 fully saturated rings. The Labute approximate surface area is 127 Å². The molecule has 1 aromatic heterocycles. The van der Waals surface area contributed by atoms with Gasteiger partial charge in [-0.1, -0.05) is 54.1 Å². The zero-order valence-electron chi connectivity index (χ0n) is 11.2. The Kier molecular flexibility index (Phi) is 3.84. The number of rotatable bonds is 3. The lowest BCUT2D eigenvalue weighted by atomic mass is 10.0. The largest absolute Gasteiger partial charge is 0.268 e. The van der Waals surface area contributed by atoms with Gasteiger partial charge in [0, 0.05) is 22.6 Å². The van der Waals surface area contributed by atoms with Gasteiger partial charge >= 0.3 is 0 Å². The SMILES string of the molecule is O=c1[nH]nc(-c2ccc(Cl)cc2)cc1Cc1ccccc1. The van der Waals surface area contributed by atoms with Crippen LogP contribution in [0, 0.1) is 0 Å². The predicted molar refractivity (Wildman–Crippen MR) is 84.6 cm³/mol. The molecule has 0 radical (unpaired) electrons. The number of H-pyrrole nitrogens is 1. The zero-order chi connectivity index (χ0) is 14.7. The quantitative estimate of drug-likeness (QED) is 0.801. The van der Waals surface area contributed by atoms with Crippen molar-refractivity contribution in [1.29, 1.82) is 0 Å². The lowest BCUT2D eigenvalue weighted by Gasteiger charge is -2.04. The second-order valence-corrected chi connectivity index (χ2v) is 5.21. The van der Waals surface area contributed by atoms with Crippen LogP contribution in [0.2, 0.25) is 5.02 Å². The summed E-state index contributed by atoms with van der Waals surface area (Å²) in [5.74, 6) is 0. The van der Waals surface area contributed by atoms with Crippen molar-refractivity contribution in [3.63, 3.8) is 0 Å². The minimum Gasteiger partial charge on any atom is -0.268 e. The Morgan fingerprint density at radius 3 is 2.43 bits per heavy atom. The smallest absolute Gasteiger partial charge is 0.267 e. The van der Waals surface area contributed by atoms with Gasteiger partial charge in [-0.25, -0.2) is 5.10 Å². The van der Waals surface area contributed by atoms with E-state index in [1.54, 1.807) is 12.1 Å². The van der Waals surface area contributed by atoms with Crippen LogP contribution in [-0.4, -0.2) is 10.2 Å². The molecule has 0 aliphatic carbocycles. The molecule has 0 saturated heterocycles. The summed E-state index contributed by atoms with van der Waals surface area (Å²) >= 11 is 5.88. The summed E-state index contributed by atoms with van der Waals surface area (Å²) in [4.78, 5) is 11.9. The van der Waals surface area contributed by atoms with Crippen molar-refractivity contribution in [1.82, 2.24) is 10.2 Å². The summed E-state index contributed by atoms with van der Waals surface area (Å²) < 4.78 is 0. The van der Waals surface area contributed by atoms with Crippen LogP contribution in [0.5, 0.6) is 0 Å². The van der Waals surface area contributed by atoms with E-state index in [1.165, 1.54) is 0 Å². The molecular weight excluding hydrogens is 284 g/mol. The van der Waals surface area contributed by atoms with Crippen LogP contribution in [0.15, 0.2) is 65.5 Å². The molecule has 1 heterocycles. The van der Waals surface area contributed by atoms with Crippen molar-refractivity contribution in [2.24, 2.45) is 0 Å². The number of nitrogens with one attached hydrogen (secondary N) is 1. The maximum atomic E-state index is 11.9. The summed E-state index contributed by atoms with van der Waals surface area (Å²) in [5.41, 5.74) is 3.29. The molecule has 0 aliphatic rings. The summed E-state index contributed by atoms with van der Waals surface area (Å²) in [6.07, 6.45) is 0.583. The van der Waals surface area contributed by atoms with E-state index in [0.29, 0.717) is 17.0 Å². The van der Waals surface area contributed by atoms with E-state index in [-0.39, 0.29) is 5.56 Å². The van der Waals surface area contributed by atoms with Gasteiger partial charge < -0.3 is 0 Å². The van der Waals surface area contributed by atoms with Crippen LogP contribution in [0.4, 0.5) is 0 Å². The minimum absolute atomic E-state index is 0.156. The molecule has 3 nitrogen and oxygen atoms in total. The molecule has 0 unspecified atom stereocenters. The molecule has 104 valence electrons. The summed E-state index contributed by atoms with van der Waals surface area (Å²) in [6, 6.07) is 19.1. The maximum Gasteiger partial charge on any atom is 0.267 e. The molecule has 21 heavy (non-hydrogen) atoms. The van der Waals surface area contributed by atoms with E-state index in [9.17, 15) is 4.79 Å². The molecule has 0 spiro atoms. The highest BCUT2D eigenvalue weighted by Crippen LogP contribution is 2.19. The molecule has 1 N–H and O–H groups in total. The van der Waals surface area contributed by atoms with Crippen LogP contribution >= 0.6 is 11.6 Å². The first-order valence-electron chi connectivity index (χ1n) is 6.61. The molecule has 0 atom stereocenters. The third kappa shape index (κ3) is 3.20. The normalized spacial score (nSPS) is 10.5. The number of benzene rings is 2. The average molecular weight is 297 g/mol. The molecule has 0 amide bonds. The number of nitrogens with zero attached hydrogens (tertiary/aromatic N) is 1. The van der Waals surface area contributed by atoms with Gasteiger partial charge in [-0.15, -0.1) is 0 Å². The lowest BCUT2D eigenvalue weighted by molar-refractivity contribution is 0.955. The molecule has 4 heteroatoms. The van der Waals surface area contributed by atoms with Crippen molar-refractivity contribution >= 4 is 11.6 Å². The number of hydrogen-bond donors (Lipinski definition) is 1. The van der Waals surface area contributed by atoms with Crippen molar-refractivity contribution in [2.75, 3.05) is 0 Å². The predicted octanol–water partition coefficient (Wildman–Crippen LogP) is 3.68. The lowest BCUT2D eigenvalue weighted by Crippen LogP contribution is -2.14. The molecule has 0 bridgehead atoms. The van der Waals surface area contributed by atoms with E-state index in [1.807, 2.05) is 48.5 Å². The van der Waals surface area contributed by atoms with Crippen LogP contribution in [0.1, 0.15) is 11.1 Å². The van der Waals surface area contributed by atoms with Crippen LogP contribution < -0.4 is 5.56 Å². The highest BCUT2D eigenvalue weighted by molar-refractivity contribution is 6.30. The summed E-state index contributed by atoms with van der Waals surface area (Å²) in [5, 5.41) is 7.34. The molecule has 0 aliphatic heterocycles. The van der Waals surface area contributed by atoms with E-state index in [0.717, 1.165) is 16.8 Å². The van der Waals surface area contributed by atoms with Crippen molar-refractivity contribution < 1.29 is 0 Å². The number of aromatic nitrogens is 2.